The van der Waals surface area contributed by atoms with Gasteiger partial charge in [0.1, 0.15) is 0 Å². The van der Waals surface area contributed by atoms with Crippen LogP contribution in [0.25, 0.3) is 0 Å². The minimum Gasteiger partial charge on any atom is -0.338 e. The smallest absolute Gasteiger partial charge is 0.338 e. The number of carbonyl (C=O) groups is 1. The van der Waals surface area contributed by atoms with Crippen molar-refractivity contribution in [2.24, 2.45) is 5.73 Å². The van der Waals surface area contributed by atoms with Gasteiger partial charge in [0.25, 0.3) is 5.91 Å². The van der Waals surface area contributed by atoms with Gasteiger partial charge in [-0.15, -0.1) is 0 Å². The number of piperazine rings is 1. The number of alkyl halides is 3. The molecule has 1 unspecified atom stereocenters. The quantitative estimate of drug-likeness (QED) is 0.644. The number of nitrogens with zero attached hydrogens (tertiary/aromatic N) is 1. The van der Waals surface area contributed by atoms with Crippen LogP contribution in [0, 0.1) is 0 Å². The highest BCUT2D eigenvalue weighted by Gasteiger charge is 2.55. The first-order chi connectivity index (χ1) is 6.77. The molecule has 1 saturated heterocycles. The lowest BCUT2D eigenvalue weighted by molar-refractivity contribution is -0.194. The molecule has 3 N–H and O–H groups in total. The summed E-state index contributed by atoms with van der Waals surface area (Å²) in [5, 5.41) is 2.94. The van der Waals surface area contributed by atoms with E-state index in [9.17, 15) is 18.0 Å². The molecular formula is C8H14F3N3O. The third kappa shape index (κ3) is 2.40. The molecular weight excluding hydrogens is 211 g/mol. The number of nitrogens with two attached hydrogens (primary N) is 1. The predicted molar refractivity (Wildman–Crippen MR) is 48.1 cm³/mol. The van der Waals surface area contributed by atoms with E-state index in [4.69, 9.17) is 5.73 Å². The molecule has 0 aromatic carbocycles. The van der Waals surface area contributed by atoms with E-state index in [1.165, 1.54) is 0 Å². The predicted octanol–water partition coefficient (Wildman–Crippen LogP) is -0.302. The van der Waals surface area contributed by atoms with Crippen molar-refractivity contribution < 1.29 is 18.0 Å². The Bertz CT molecular complexity index is 246. The molecule has 7 heteroatoms. The van der Waals surface area contributed by atoms with Crippen LogP contribution in [0.4, 0.5) is 13.2 Å². The van der Waals surface area contributed by atoms with Gasteiger partial charge in [-0.1, -0.05) is 0 Å². The highest BCUT2D eigenvalue weighted by atomic mass is 19.4. The zero-order valence-corrected chi connectivity index (χ0v) is 8.40. The largest absolute Gasteiger partial charge is 0.415 e. The molecule has 1 rings (SSSR count). The minimum absolute atomic E-state index is 0.266. The maximum atomic E-state index is 12.5. The van der Waals surface area contributed by atoms with E-state index in [1.54, 1.807) is 0 Å². The standard InChI is InChI=1S/C8H14F3N3O/c1-7(12,8(9,10)11)6(15)14-4-2-13-3-5-14/h13H,2-5,12H2,1H3. The van der Waals surface area contributed by atoms with Crippen LogP contribution in [0.2, 0.25) is 0 Å². The van der Waals surface area contributed by atoms with Crippen LogP contribution in [0.5, 0.6) is 0 Å². The molecule has 0 aromatic heterocycles. The van der Waals surface area contributed by atoms with E-state index < -0.39 is 17.6 Å². The first-order valence-corrected chi connectivity index (χ1v) is 4.62. The van der Waals surface area contributed by atoms with Crippen LogP contribution in [0.3, 0.4) is 0 Å². The van der Waals surface area contributed by atoms with Gasteiger partial charge in [-0.2, -0.15) is 13.2 Å². The molecule has 88 valence electrons. The summed E-state index contributed by atoms with van der Waals surface area (Å²) in [6, 6.07) is 0. The Morgan fingerprint density at radius 2 is 1.80 bits per heavy atom. The molecule has 0 saturated carbocycles. The second-order valence-corrected chi connectivity index (χ2v) is 3.74. The first-order valence-electron chi connectivity index (χ1n) is 4.62. The average Bonchev–Trinajstić information content (AvgIpc) is 2.16. The van der Waals surface area contributed by atoms with Crippen LogP contribution >= 0.6 is 0 Å². The summed E-state index contributed by atoms with van der Waals surface area (Å²) in [4.78, 5) is 12.7. The number of carbonyl (C=O) groups excluding carboxylic acids is 1. The lowest BCUT2D eigenvalue weighted by Gasteiger charge is -2.35. The van der Waals surface area contributed by atoms with Gasteiger partial charge in [0.2, 0.25) is 0 Å². The van der Waals surface area contributed by atoms with Crippen molar-refractivity contribution in [3.63, 3.8) is 0 Å². The van der Waals surface area contributed by atoms with Crippen molar-refractivity contribution in [1.82, 2.24) is 10.2 Å². The molecule has 1 amide bonds. The van der Waals surface area contributed by atoms with Gasteiger partial charge >= 0.3 is 6.18 Å². The van der Waals surface area contributed by atoms with Crippen molar-refractivity contribution >= 4 is 5.91 Å². The molecule has 1 aliphatic rings. The molecule has 1 aliphatic heterocycles. The number of nitrogens with one attached hydrogen (secondary N) is 1. The molecule has 1 heterocycles. The molecule has 0 radical (unpaired) electrons. The zero-order chi connectivity index (χ0) is 11.7. The second kappa shape index (κ2) is 3.97. The molecule has 0 aromatic rings. The van der Waals surface area contributed by atoms with Crippen molar-refractivity contribution in [2.45, 2.75) is 18.6 Å². The van der Waals surface area contributed by atoms with Crippen LogP contribution < -0.4 is 11.1 Å². The number of rotatable bonds is 1. The van der Waals surface area contributed by atoms with Gasteiger partial charge in [0.05, 0.1) is 0 Å². The van der Waals surface area contributed by atoms with Gasteiger partial charge in [-0.25, -0.2) is 0 Å². The molecule has 15 heavy (non-hydrogen) atoms. The van der Waals surface area contributed by atoms with E-state index in [2.05, 4.69) is 5.32 Å². The van der Waals surface area contributed by atoms with E-state index in [1.807, 2.05) is 0 Å². The minimum atomic E-state index is -4.71. The summed E-state index contributed by atoms with van der Waals surface area (Å²) in [5.74, 6) is -1.06. The Hall–Kier alpha value is -0.820. The summed E-state index contributed by atoms with van der Waals surface area (Å²) in [6.45, 7) is 2.24. The Labute approximate surface area is 85.6 Å². The van der Waals surface area contributed by atoms with Gasteiger partial charge < -0.3 is 16.0 Å². The fourth-order valence-electron chi connectivity index (χ4n) is 1.32. The summed E-state index contributed by atoms with van der Waals surface area (Å²) in [6.07, 6.45) is -4.71. The Kier molecular flexibility index (Phi) is 3.25. The number of hydrogen-bond acceptors (Lipinski definition) is 3. The van der Waals surface area contributed by atoms with Crippen molar-refractivity contribution in [3.05, 3.63) is 0 Å². The highest BCUT2D eigenvalue weighted by Crippen LogP contribution is 2.29. The van der Waals surface area contributed by atoms with Gasteiger partial charge in [0.15, 0.2) is 5.54 Å². The fourth-order valence-corrected chi connectivity index (χ4v) is 1.32. The third-order valence-electron chi connectivity index (χ3n) is 2.44. The normalized spacial score (nSPS) is 22.3. The van der Waals surface area contributed by atoms with E-state index in [0.29, 0.717) is 20.0 Å². The molecule has 1 fully saturated rings. The third-order valence-corrected chi connectivity index (χ3v) is 2.44. The summed E-state index contributed by atoms with van der Waals surface area (Å²) in [7, 11) is 0. The number of hydrogen-bond donors (Lipinski definition) is 2. The maximum Gasteiger partial charge on any atom is 0.415 e. The molecule has 4 nitrogen and oxygen atoms in total. The van der Waals surface area contributed by atoms with Gasteiger partial charge in [-0.05, 0) is 6.92 Å². The number of amides is 1. The van der Waals surface area contributed by atoms with Crippen LogP contribution in [0.15, 0.2) is 0 Å². The van der Waals surface area contributed by atoms with Crippen LogP contribution in [-0.2, 0) is 4.79 Å². The molecule has 1 atom stereocenters. The fraction of sp³-hybridized carbons (Fsp3) is 0.875. The van der Waals surface area contributed by atoms with Gasteiger partial charge in [0, 0.05) is 26.2 Å². The summed E-state index contributed by atoms with van der Waals surface area (Å²) >= 11 is 0. The maximum absolute atomic E-state index is 12.5. The lowest BCUT2D eigenvalue weighted by atomic mass is 10.0. The zero-order valence-electron chi connectivity index (χ0n) is 8.40. The SMILES string of the molecule is CC(N)(C(=O)N1CCNCC1)C(F)(F)F. The Morgan fingerprint density at radius 3 is 2.20 bits per heavy atom. The Balaban J connectivity index is 2.74. The van der Waals surface area contributed by atoms with Gasteiger partial charge in [-0.3, -0.25) is 4.79 Å². The van der Waals surface area contributed by atoms with Crippen molar-refractivity contribution in [3.8, 4) is 0 Å². The van der Waals surface area contributed by atoms with E-state index in [0.717, 1.165) is 4.90 Å². The van der Waals surface area contributed by atoms with Crippen molar-refractivity contribution in [1.29, 1.82) is 0 Å². The second-order valence-electron chi connectivity index (χ2n) is 3.74. The highest BCUT2D eigenvalue weighted by molar-refractivity contribution is 5.86. The Morgan fingerprint density at radius 1 is 1.33 bits per heavy atom. The number of halogens is 3. The molecule has 0 spiro atoms. The molecule has 0 bridgehead atoms. The van der Waals surface area contributed by atoms with Crippen LogP contribution in [-0.4, -0.2) is 48.7 Å². The van der Waals surface area contributed by atoms with E-state index in [-0.39, 0.29) is 13.1 Å². The van der Waals surface area contributed by atoms with Crippen molar-refractivity contribution in [2.75, 3.05) is 26.2 Å². The average molecular weight is 225 g/mol. The summed E-state index contributed by atoms with van der Waals surface area (Å²) in [5.41, 5.74) is 2.24. The molecule has 0 aliphatic carbocycles. The van der Waals surface area contributed by atoms with Crippen LogP contribution in [0.1, 0.15) is 6.92 Å². The summed E-state index contributed by atoms with van der Waals surface area (Å²) < 4.78 is 37.4. The lowest BCUT2D eigenvalue weighted by Crippen LogP contribution is -2.64. The topological polar surface area (TPSA) is 58.4 Å². The monoisotopic (exact) mass is 225 g/mol. The van der Waals surface area contributed by atoms with E-state index >= 15 is 0 Å². The first kappa shape index (κ1) is 12.3.